The van der Waals surface area contributed by atoms with Crippen LogP contribution in [0, 0.1) is 11.7 Å². The van der Waals surface area contributed by atoms with Crippen molar-refractivity contribution >= 4 is 34.9 Å². The second kappa shape index (κ2) is 6.91. The molecule has 2 atom stereocenters. The van der Waals surface area contributed by atoms with E-state index in [-0.39, 0.29) is 33.3 Å². The van der Waals surface area contributed by atoms with Gasteiger partial charge in [0.15, 0.2) is 0 Å². The minimum Gasteiger partial charge on any atom is -0.313 e. The Kier molecular flexibility index (Phi) is 4.88. The van der Waals surface area contributed by atoms with E-state index in [1.807, 2.05) is 0 Å². The first kappa shape index (κ1) is 16.9. The van der Waals surface area contributed by atoms with Gasteiger partial charge in [-0.2, -0.15) is 0 Å². The van der Waals surface area contributed by atoms with E-state index >= 15 is 0 Å². The molecule has 0 aromatic heterocycles. The minimum atomic E-state index is -0.691. The number of benzene rings is 2. The van der Waals surface area contributed by atoms with Crippen LogP contribution in [0.2, 0.25) is 10.0 Å². The molecule has 2 aromatic carbocycles. The highest BCUT2D eigenvalue weighted by molar-refractivity contribution is 6.39. The van der Waals surface area contributed by atoms with E-state index in [1.54, 1.807) is 37.3 Å². The summed E-state index contributed by atoms with van der Waals surface area (Å²) in [5.74, 6) is -0.488. The van der Waals surface area contributed by atoms with Crippen LogP contribution >= 0.6 is 23.2 Å². The maximum Gasteiger partial charge on any atom is 0.368 e. The van der Waals surface area contributed by atoms with Crippen LogP contribution in [-0.2, 0) is 4.84 Å². The highest BCUT2D eigenvalue weighted by Gasteiger charge is 2.40. The third kappa shape index (κ3) is 3.60. The Morgan fingerprint density at radius 1 is 1.17 bits per heavy atom. The summed E-state index contributed by atoms with van der Waals surface area (Å²) >= 11 is 11.9. The van der Waals surface area contributed by atoms with Crippen molar-refractivity contribution in [3.63, 3.8) is 0 Å². The van der Waals surface area contributed by atoms with Gasteiger partial charge in [-0.05, 0) is 49.1 Å². The van der Waals surface area contributed by atoms with Crippen molar-refractivity contribution in [1.82, 2.24) is 0 Å². The van der Waals surface area contributed by atoms with E-state index in [9.17, 15) is 9.18 Å². The normalized spacial score (nSPS) is 19.9. The molecule has 0 radical (unpaired) electrons. The lowest BCUT2D eigenvalue weighted by Crippen LogP contribution is -2.06. The summed E-state index contributed by atoms with van der Waals surface area (Å²) in [6, 6.07) is 11.2. The fourth-order valence-corrected chi connectivity index (χ4v) is 3.21. The van der Waals surface area contributed by atoms with E-state index in [0.717, 1.165) is 12.0 Å². The van der Waals surface area contributed by atoms with Crippen LogP contribution in [0.15, 0.2) is 47.6 Å². The quantitative estimate of drug-likeness (QED) is 0.409. The number of rotatable bonds is 4. The van der Waals surface area contributed by atoms with Crippen LogP contribution in [0.25, 0.3) is 0 Å². The number of nitrogens with zero attached hydrogens (tertiary/aromatic N) is 1. The fraction of sp³-hybridized carbons (Fsp3) is 0.222. The average molecular weight is 366 g/mol. The topological polar surface area (TPSA) is 38.7 Å². The molecule has 0 N–H and O–H groups in total. The van der Waals surface area contributed by atoms with E-state index in [2.05, 4.69) is 5.16 Å². The Morgan fingerprint density at radius 3 is 2.42 bits per heavy atom. The summed E-state index contributed by atoms with van der Waals surface area (Å²) in [6.07, 6.45) is 0.894. The Labute approximate surface area is 149 Å². The van der Waals surface area contributed by atoms with Crippen LogP contribution in [0.4, 0.5) is 4.39 Å². The van der Waals surface area contributed by atoms with Gasteiger partial charge in [0, 0.05) is 5.92 Å². The zero-order chi connectivity index (χ0) is 17.3. The van der Waals surface area contributed by atoms with Crippen molar-refractivity contribution in [2.45, 2.75) is 19.3 Å². The number of oxime groups is 1. The Hall–Kier alpha value is -1.91. The Bertz CT molecular complexity index is 785. The van der Waals surface area contributed by atoms with Gasteiger partial charge in [-0.25, -0.2) is 9.18 Å². The number of hydrogen-bond donors (Lipinski definition) is 0. The summed E-state index contributed by atoms with van der Waals surface area (Å²) in [7, 11) is 0. The molecule has 0 spiro atoms. The van der Waals surface area contributed by atoms with Crippen molar-refractivity contribution in [3.05, 3.63) is 69.5 Å². The van der Waals surface area contributed by atoms with Gasteiger partial charge in [0.1, 0.15) is 5.82 Å². The molecular weight excluding hydrogens is 352 g/mol. The predicted octanol–water partition coefficient (Wildman–Crippen LogP) is 5.47. The molecular formula is C18H14Cl2FNO2. The van der Waals surface area contributed by atoms with Gasteiger partial charge in [-0.3, -0.25) is 0 Å². The molecule has 6 heteroatoms. The summed E-state index contributed by atoms with van der Waals surface area (Å²) in [6.45, 7) is 1.80. The first-order valence-corrected chi connectivity index (χ1v) is 8.18. The summed E-state index contributed by atoms with van der Waals surface area (Å²) in [5, 5.41) is 4.35. The van der Waals surface area contributed by atoms with Gasteiger partial charge in [-0.15, -0.1) is 0 Å². The Morgan fingerprint density at radius 2 is 1.79 bits per heavy atom. The van der Waals surface area contributed by atoms with Crippen molar-refractivity contribution in [2.75, 3.05) is 0 Å². The molecule has 1 aliphatic carbocycles. The smallest absolute Gasteiger partial charge is 0.313 e. The van der Waals surface area contributed by atoms with Crippen LogP contribution in [0.3, 0.4) is 0 Å². The zero-order valence-electron chi connectivity index (χ0n) is 12.8. The van der Waals surface area contributed by atoms with Crippen molar-refractivity contribution < 1.29 is 14.0 Å². The van der Waals surface area contributed by atoms with Gasteiger partial charge < -0.3 is 4.84 Å². The SMILES string of the molecule is CC(=NOC(=O)c1c(Cl)cccc1Cl)[C@@H]1C[C@H]1c1ccc(F)cc1. The molecule has 2 aromatic rings. The molecule has 24 heavy (non-hydrogen) atoms. The van der Waals surface area contributed by atoms with E-state index < -0.39 is 5.97 Å². The third-order valence-electron chi connectivity index (χ3n) is 4.06. The molecule has 3 nitrogen and oxygen atoms in total. The second-order valence-corrected chi connectivity index (χ2v) is 6.52. The number of halogens is 3. The van der Waals surface area contributed by atoms with E-state index in [1.165, 1.54) is 12.1 Å². The predicted molar refractivity (Wildman–Crippen MR) is 92.2 cm³/mol. The van der Waals surface area contributed by atoms with Crippen molar-refractivity contribution in [2.24, 2.45) is 11.1 Å². The first-order chi connectivity index (χ1) is 11.5. The summed E-state index contributed by atoms with van der Waals surface area (Å²) in [4.78, 5) is 17.1. The minimum absolute atomic E-state index is 0.100. The van der Waals surface area contributed by atoms with E-state index in [0.29, 0.717) is 5.71 Å². The molecule has 0 unspecified atom stereocenters. The molecule has 0 bridgehead atoms. The lowest BCUT2D eigenvalue weighted by molar-refractivity contribution is 0.0515. The molecule has 0 saturated heterocycles. The van der Waals surface area contributed by atoms with Gasteiger partial charge >= 0.3 is 5.97 Å². The monoisotopic (exact) mass is 365 g/mol. The summed E-state index contributed by atoms with van der Waals surface area (Å²) in [5.41, 5.74) is 1.86. The third-order valence-corrected chi connectivity index (χ3v) is 4.69. The lowest BCUT2D eigenvalue weighted by Gasteiger charge is -2.04. The van der Waals surface area contributed by atoms with Gasteiger partial charge in [0.2, 0.25) is 0 Å². The second-order valence-electron chi connectivity index (χ2n) is 5.71. The average Bonchev–Trinajstić information content (AvgIpc) is 3.34. The highest BCUT2D eigenvalue weighted by Crippen LogP contribution is 2.48. The molecule has 0 heterocycles. The van der Waals surface area contributed by atoms with Gasteiger partial charge in [0.05, 0.1) is 21.3 Å². The number of carbonyl (C=O) groups is 1. The molecule has 1 aliphatic rings. The summed E-state index contributed by atoms with van der Waals surface area (Å²) < 4.78 is 13.0. The van der Waals surface area contributed by atoms with Crippen LogP contribution in [0.5, 0.6) is 0 Å². The number of hydrogen-bond acceptors (Lipinski definition) is 3. The van der Waals surface area contributed by atoms with Crippen LogP contribution in [0.1, 0.15) is 35.2 Å². The molecule has 0 amide bonds. The van der Waals surface area contributed by atoms with E-state index in [4.69, 9.17) is 28.0 Å². The molecule has 1 fully saturated rings. The van der Waals surface area contributed by atoms with Crippen molar-refractivity contribution in [1.29, 1.82) is 0 Å². The van der Waals surface area contributed by atoms with Crippen LogP contribution in [-0.4, -0.2) is 11.7 Å². The number of carbonyl (C=O) groups excluding carboxylic acids is 1. The maximum atomic E-state index is 13.0. The molecule has 3 rings (SSSR count). The van der Waals surface area contributed by atoms with Crippen molar-refractivity contribution in [3.8, 4) is 0 Å². The molecule has 1 saturated carbocycles. The molecule has 124 valence electrons. The first-order valence-electron chi connectivity index (χ1n) is 7.42. The molecule has 0 aliphatic heterocycles. The maximum absolute atomic E-state index is 13.0. The highest BCUT2D eigenvalue weighted by atomic mass is 35.5. The van der Waals surface area contributed by atoms with Gasteiger partial charge in [0.25, 0.3) is 0 Å². The Balaban J connectivity index is 1.65. The van der Waals surface area contributed by atoms with Gasteiger partial charge in [-0.1, -0.05) is 46.6 Å². The zero-order valence-corrected chi connectivity index (χ0v) is 14.3. The lowest BCUT2D eigenvalue weighted by atomic mass is 10.1. The largest absolute Gasteiger partial charge is 0.368 e. The van der Waals surface area contributed by atoms with Crippen LogP contribution < -0.4 is 0 Å². The standard InChI is InChI=1S/C18H14Cl2FNO2/c1-10(13-9-14(13)11-5-7-12(21)8-6-11)22-24-18(23)17-15(19)3-2-4-16(17)20/h2-8,13-14H,9H2,1H3/t13-,14-/m0/s1. The fourth-order valence-electron chi connectivity index (χ4n) is 2.65.